The van der Waals surface area contributed by atoms with Gasteiger partial charge in [-0.05, 0) is 47.5 Å². The van der Waals surface area contributed by atoms with Crippen LogP contribution in [0.25, 0.3) is 95.6 Å². The van der Waals surface area contributed by atoms with Crippen molar-refractivity contribution < 1.29 is 0 Å². The average Bonchev–Trinajstić information content (AvgIpc) is 3.60. The van der Waals surface area contributed by atoms with Gasteiger partial charge in [0.05, 0.1) is 22.4 Å². The normalized spacial score (nSPS) is 11.3. The predicted molar refractivity (Wildman–Crippen MR) is 222 cm³/mol. The summed E-state index contributed by atoms with van der Waals surface area (Å²) in [6.07, 6.45) is 0. The van der Waals surface area contributed by atoms with Crippen molar-refractivity contribution in [2.75, 3.05) is 0 Å². The zero-order chi connectivity index (χ0) is 36.6. The standard InChI is InChI=1S/C49H32N6/c1-6-16-33(17-7-1)38-26-28-44-40(30-38)41-31-39(48-53-46(36-22-12-4-13-23-36)52-47(54-48)37-24-14-5-15-25-37)27-29-45(41)55(44)49-50-42(34-18-8-2-9-19-34)32-43(51-49)35-20-10-3-11-21-35/h1-32H. The molecule has 6 nitrogen and oxygen atoms in total. The Balaban J connectivity index is 1.23. The minimum Gasteiger partial charge on any atom is -0.278 e. The van der Waals surface area contributed by atoms with E-state index in [9.17, 15) is 0 Å². The van der Waals surface area contributed by atoms with Crippen LogP contribution in [0.15, 0.2) is 194 Å². The smallest absolute Gasteiger partial charge is 0.235 e. The highest BCUT2D eigenvalue weighted by Gasteiger charge is 2.20. The molecule has 0 radical (unpaired) electrons. The van der Waals surface area contributed by atoms with Crippen molar-refractivity contribution in [3.05, 3.63) is 194 Å². The number of hydrogen-bond donors (Lipinski definition) is 0. The molecule has 6 heteroatoms. The lowest BCUT2D eigenvalue weighted by Gasteiger charge is -2.12. The van der Waals surface area contributed by atoms with Crippen LogP contribution >= 0.6 is 0 Å². The second kappa shape index (κ2) is 13.8. The minimum absolute atomic E-state index is 0.596. The molecule has 0 aliphatic rings. The van der Waals surface area contributed by atoms with E-state index in [0.717, 1.165) is 72.1 Å². The SMILES string of the molecule is c1ccc(-c2ccc3c(c2)c2cc(-c4nc(-c5ccccc5)nc(-c5ccccc5)n4)ccc2n3-c2nc(-c3ccccc3)cc(-c3ccccc3)n2)cc1. The van der Waals surface area contributed by atoms with E-state index in [1.807, 2.05) is 103 Å². The summed E-state index contributed by atoms with van der Waals surface area (Å²) in [7, 11) is 0. The van der Waals surface area contributed by atoms with Gasteiger partial charge in [0.25, 0.3) is 0 Å². The number of hydrogen-bond acceptors (Lipinski definition) is 5. The quantitative estimate of drug-likeness (QED) is 0.165. The molecule has 3 aromatic heterocycles. The van der Waals surface area contributed by atoms with E-state index in [4.69, 9.17) is 24.9 Å². The molecule has 0 unspecified atom stereocenters. The average molecular weight is 705 g/mol. The van der Waals surface area contributed by atoms with Gasteiger partial charge in [0.15, 0.2) is 17.5 Å². The van der Waals surface area contributed by atoms with Crippen LogP contribution in [0, 0.1) is 0 Å². The number of fused-ring (bicyclic) bond motifs is 3. The van der Waals surface area contributed by atoms with Crippen LogP contribution in [0.3, 0.4) is 0 Å². The molecule has 10 aromatic rings. The first-order valence-corrected chi connectivity index (χ1v) is 18.3. The van der Waals surface area contributed by atoms with Gasteiger partial charge in [-0.25, -0.2) is 24.9 Å². The highest BCUT2D eigenvalue weighted by molar-refractivity contribution is 6.11. The molecule has 7 aromatic carbocycles. The fraction of sp³-hybridized carbons (Fsp3) is 0. The first-order valence-electron chi connectivity index (χ1n) is 18.3. The highest BCUT2D eigenvalue weighted by atomic mass is 15.2. The van der Waals surface area contributed by atoms with Gasteiger partial charge in [0.2, 0.25) is 5.95 Å². The molecular weight excluding hydrogens is 673 g/mol. The Hall–Kier alpha value is -7.57. The molecule has 0 N–H and O–H groups in total. The first kappa shape index (κ1) is 32.1. The highest BCUT2D eigenvalue weighted by Crippen LogP contribution is 2.37. The van der Waals surface area contributed by atoms with Crippen molar-refractivity contribution in [1.29, 1.82) is 0 Å². The Kier molecular flexibility index (Phi) is 8.04. The summed E-state index contributed by atoms with van der Waals surface area (Å²) in [6.45, 7) is 0. The molecule has 0 fully saturated rings. The van der Waals surface area contributed by atoms with Gasteiger partial charge in [-0.3, -0.25) is 4.57 Å². The summed E-state index contributed by atoms with van der Waals surface area (Å²) in [5.41, 5.74) is 10.7. The molecule has 3 heterocycles. The van der Waals surface area contributed by atoms with E-state index in [1.54, 1.807) is 0 Å². The topological polar surface area (TPSA) is 69.4 Å². The maximum Gasteiger partial charge on any atom is 0.235 e. The van der Waals surface area contributed by atoms with E-state index in [0.29, 0.717) is 23.4 Å². The molecule has 0 spiro atoms. The maximum atomic E-state index is 5.24. The molecule has 0 atom stereocenters. The Bertz CT molecular complexity index is 2830. The summed E-state index contributed by atoms with van der Waals surface area (Å²) in [4.78, 5) is 25.5. The van der Waals surface area contributed by atoms with Crippen LogP contribution in [-0.4, -0.2) is 29.5 Å². The molecule has 0 saturated carbocycles. The summed E-state index contributed by atoms with van der Waals surface area (Å²) < 4.78 is 2.18. The number of nitrogens with zero attached hydrogens (tertiary/aromatic N) is 6. The van der Waals surface area contributed by atoms with Crippen LogP contribution in [0.4, 0.5) is 0 Å². The Labute approximate surface area is 318 Å². The van der Waals surface area contributed by atoms with Crippen molar-refractivity contribution in [1.82, 2.24) is 29.5 Å². The summed E-state index contributed by atoms with van der Waals surface area (Å²) in [6, 6.07) is 66.3. The van der Waals surface area contributed by atoms with Gasteiger partial charge in [-0.1, -0.05) is 158 Å². The largest absolute Gasteiger partial charge is 0.278 e. The second-order valence-corrected chi connectivity index (χ2v) is 13.4. The van der Waals surface area contributed by atoms with Gasteiger partial charge >= 0.3 is 0 Å². The molecule has 0 aliphatic heterocycles. The van der Waals surface area contributed by atoms with Crippen LogP contribution in [0.2, 0.25) is 0 Å². The predicted octanol–water partition coefficient (Wildman–Crippen LogP) is 11.8. The van der Waals surface area contributed by atoms with Crippen molar-refractivity contribution in [2.45, 2.75) is 0 Å². The molecule has 0 amide bonds. The van der Waals surface area contributed by atoms with E-state index in [1.165, 1.54) is 0 Å². The minimum atomic E-state index is 0.596. The van der Waals surface area contributed by atoms with E-state index in [-0.39, 0.29) is 0 Å². The summed E-state index contributed by atoms with van der Waals surface area (Å²) in [5.74, 6) is 2.44. The lowest BCUT2D eigenvalue weighted by Crippen LogP contribution is -2.04. The van der Waals surface area contributed by atoms with Gasteiger partial charge in [0.1, 0.15) is 0 Å². The van der Waals surface area contributed by atoms with E-state index in [2.05, 4.69) is 95.6 Å². The fourth-order valence-corrected chi connectivity index (χ4v) is 7.17. The molecular formula is C49H32N6. The van der Waals surface area contributed by atoms with Crippen molar-refractivity contribution in [2.24, 2.45) is 0 Å². The second-order valence-electron chi connectivity index (χ2n) is 13.4. The Morgan fingerprint density at radius 3 is 1.09 bits per heavy atom. The van der Waals surface area contributed by atoms with Crippen LogP contribution in [-0.2, 0) is 0 Å². The molecule has 0 aliphatic carbocycles. The van der Waals surface area contributed by atoms with Gasteiger partial charge in [-0.2, -0.15) is 0 Å². The van der Waals surface area contributed by atoms with E-state index >= 15 is 0 Å². The third-order valence-corrected chi connectivity index (χ3v) is 9.88. The van der Waals surface area contributed by atoms with E-state index < -0.39 is 0 Å². The van der Waals surface area contributed by atoms with Crippen LogP contribution in [0.1, 0.15) is 0 Å². The van der Waals surface area contributed by atoms with Gasteiger partial charge in [0, 0.05) is 38.6 Å². The molecule has 0 bridgehead atoms. The third kappa shape index (κ3) is 6.11. The van der Waals surface area contributed by atoms with Crippen molar-refractivity contribution in [3.8, 4) is 73.8 Å². The Morgan fingerprint density at radius 2 is 0.636 bits per heavy atom. The van der Waals surface area contributed by atoms with Crippen molar-refractivity contribution >= 4 is 21.8 Å². The molecule has 55 heavy (non-hydrogen) atoms. The lowest BCUT2D eigenvalue weighted by molar-refractivity contribution is 0.995. The maximum absolute atomic E-state index is 5.24. The van der Waals surface area contributed by atoms with Gasteiger partial charge < -0.3 is 0 Å². The van der Waals surface area contributed by atoms with Crippen LogP contribution < -0.4 is 0 Å². The molecule has 258 valence electrons. The molecule has 10 rings (SSSR count). The summed E-state index contributed by atoms with van der Waals surface area (Å²) >= 11 is 0. The zero-order valence-electron chi connectivity index (χ0n) is 29.7. The van der Waals surface area contributed by atoms with Crippen LogP contribution in [0.5, 0.6) is 0 Å². The number of rotatable bonds is 7. The Morgan fingerprint density at radius 1 is 0.273 bits per heavy atom. The molecule has 0 saturated heterocycles. The number of aromatic nitrogens is 6. The van der Waals surface area contributed by atoms with Crippen molar-refractivity contribution in [3.63, 3.8) is 0 Å². The summed E-state index contributed by atoms with van der Waals surface area (Å²) in [5, 5.41) is 2.12. The first-order chi connectivity index (χ1) is 27.2. The third-order valence-electron chi connectivity index (χ3n) is 9.88. The zero-order valence-corrected chi connectivity index (χ0v) is 29.7. The monoisotopic (exact) mass is 704 g/mol. The number of benzene rings is 7. The lowest BCUT2D eigenvalue weighted by atomic mass is 10.0. The fourth-order valence-electron chi connectivity index (χ4n) is 7.17. The van der Waals surface area contributed by atoms with Gasteiger partial charge in [-0.15, -0.1) is 0 Å².